The van der Waals surface area contributed by atoms with Crippen LogP contribution in [0.2, 0.25) is 4.34 Å². The highest BCUT2D eigenvalue weighted by molar-refractivity contribution is 7.16. The highest BCUT2D eigenvalue weighted by Gasteiger charge is 2.41. The van der Waals surface area contributed by atoms with Crippen LogP contribution >= 0.6 is 22.9 Å². The maximum absolute atomic E-state index is 8.69. The molecule has 1 saturated carbocycles. The van der Waals surface area contributed by atoms with E-state index in [2.05, 4.69) is 17.5 Å². The van der Waals surface area contributed by atoms with E-state index in [0.717, 1.165) is 23.8 Å². The lowest BCUT2D eigenvalue weighted by molar-refractivity contribution is 0.469. The molecule has 0 aliphatic heterocycles. The molecule has 0 saturated heterocycles. The molecule has 0 radical (unpaired) electrons. The van der Waals surface area contributed by atoms with Crippen LogP contribution in [-0.4, -0.2) is 13.1 Å². The quantitative estimate of drug-likeness (QED) is 0.792. The average molecular weight is 255 g/mol. The predicted octanol–water partition coefficient (Wildman–Crippen LogP) is 3.23. The van der Waals surface area contributed by atoms with Crippen LogP contribution in [0.15, 0.2) is 12.1 Å². The number of nitrogens with zero attached hydrogens (tertiary/aromatic N) is 1. The number of halogens is 1. The third-order valence-corrected chi connectivity index (χ3v) is 4.38. The van der Waals surface area contributed by atoms with Crippen LogP contribution in [0, 0.1) is 16.7 Å². The van der Waals surface area contributed by atoms with Gasteiger partial charge in [0.25, 0.3) is 0 Å². The Morgan fingerprint density at radius 3 is 2.88 bits per heavy atom. The standard InChI is InChI=1S/C12H15ClN2S/c13-11-2-1-10(16-11)3-8-15-9-12(4-5-12)6-7-14/h1-2,15H,3-6,8-9H2. The van der Waals surface area contributed by atoms with E-state index in [4.69, 9.17) is 16.9 Å². The molecule has 1 aromatic heterocycles. The van der Waals surface area contributed by atoms with Gasteiger partial charge in [-0.05, 0) is 43.4 Å². The van der Waals surface area contributed by atoms with E-state index in [0.29, 0.717) is 11.8 Å². The van der Waals surface area contributed by atoms with Crippen molar-refractivity contribution in [3.05, 3.63) is 21.3 Å². The summed E-state index contributed by atoms with van der Waals surface area (Å²) < 4.78 is 0.859. The lowest BCUT2D eigenvalue weighted by Crippen LogP contribution is -2.25. The summed E-state index contributed by atoms with van der Waals surface area (Å²) in [5, 5.41) is 12.1. The van der Waals surface area contributed by atoms with E-state index < -0.39 is 0 Å². The van der Waals surface area contributed by atoms with Gasteiger partial charge >= 0.3 is 0 Å². The molecule has 0 spiro atoms. The molecule has 86 valence electrons. The van der Waals surface area contributed by atoms with E-state index in [1.165, 1.54) is 17.7 Å². The van der Waals surface area contributed by atoms with Gasteiger partial charge in [0.15, 0.2) is 0 Å². The lowest BCUT2D eigenvalue weighted by atomic mass is 10.0. The molecule has 16 heavy (non-hydrogen) atoms. The smallest absolute Gasteiger partial charge is 0.0931 e. The van der Waals surface area contributed by atoms with Crippen molar-refractivity contribution in [1.82, 2.24) is 5.32 Å². The highest BCUT2D eigenvalue weighted by atomic mass is 35.5. The molecule has 0 bridgehead atoms. The molecular weight excluding hydrogens is 240 g/mol. The zero-order valence-corrected chi connectivity index (χ0v) is 10.7. The first-order valence-corrected chi connectivity index (χ1v) is 6.75. The minimum Gasteiger partial charge on any atom is -0.316 e. The third-order valence-electron chi connectivity index (χ3n) is 3.09. The Labute approximate surface area is 105 Å². The summed E-state index contributed by atoms with van der Waals surface area (Å²) in [4.78, 5) is 1.32. The molecule has 0 atom stereocenters. The first-order chi connectivity index (χ1) is 7.74. The Hall–Kier alpha value is -0.560. The minimum absolute atomic E-state index is 0.307. The summed E-state index contributed by atoms with van der Waals surface area (Å²) >= 11 is 7.50. The van der Waals surface area contributed by atoms with Crippen molar-refractivity contribution in [2.24, 2.45) is 5.41 Å². The van der Waals surface area contributed by atoms with Crippen LogP contribution in [0.5, 0.6) is 0 Å². The fourth-order valence-electron chi connectivity index (χ4n) is 1.81. The monoisotopic (exact) mass is 254 g/mol. The molecule has 1 heterocycles. The van der Waals surface area contributed by atoms with Gasteiger partial charge in [0.2, 0.25) is 0 Å². The lowest BCUT2D eigenvalue weighted by Gasteiger charge is -2.11. The van der Waals surface area contributed by atoms with Crippen LogP contribution in [0.4, 0.5) is 0 Å². The number of nitrogens with one attached hydrogen (secondary N) is 1. The van der Waals surface area contributed by atoms with Gasteiger partial charge in [-0.15, -0.1) is 11.3 Å². The van der Waals surface area contributed by atoms with E-state index >= 15 is 0 Å². The molecule has 1 N–H and O–H groups in total. The third kappa shape index (κ3) is 3.21. The van der Waals surface area contributed by atoms with Gasteiger partial charge in [-0.3, -0.25) is 0 Å². The fourth-order valence-corrected chi connectivity index (χ4v) is 2.90. The zero-order chi connectivity index (χ0) is 11.4. The average Bonchev–Trinajstić information content (AvgIpc) is 2.90. The fraction of sp³-hybridized carbons (Fsp3) is 0.583. The summed E-state index contributed by atoms with van der Waals surface area (Å²) in [6, 6.07) is 6.30. The molecule has 1 aliphatic rings. The van der Waals surface area contributed by atoms with E-state index in [9.17, 15) is 0 Å². The Kier molecular flexibility index (Phi) is 3.86. The topological polar surface area (TPSA) is 35.8 Å². The maximum Gasteiger partial charge on any atom is 0.0931 e. The normalized spacial score (nSPS) is 17.0. The minimum atomic E-state index is 0.307. The van der Waals surface area contributed by atoms with Gasteiger partial charge in [-0.25, -0.2) is 0 Å². The van der Waals surface area contributed by atoms with Gasteiger partial charge in [0.05, 0.1) is 10.4 Å². The number of hydrogen-bond acceptors (Lipinski definition) is 3. The Morgan fingerprint density at radius 1 is 1.50 bits per heavy atom. The van der Waals surface area contributed by atoms with E-state index in [1.807, 2.05) is 6.07 Å². The van der Waals surface area contributed by atoms with Crippen LogP contribution in [-0.2, 0) is 6.42 Å². The summed E-state index contributed by atoms with van der Waals surface area (Å²) in [6.45, 7) is 1.96. The summed E-state index contributed by atoms with van der Waals surface area (Å²) in [7, 11) is 0. The van der Waals surface area contributed by atoms with Crippen LogP contribution in [0.3, 0.4) is 0 Å². The van der Waals surface area contributed by atoms with Crippen molar-refractivity contribution in [3.63, 3.8) is 0 Å². The van der Waals surface area contributed by atoms with Crippen molar-refractivity contribution >= 4 is 22.9 Å². The second kappa shape index (κ2) is 5.18. The van der Waals surface area contributed by atoms with Gasteiger partial charge in [0.1, 0.15) is 0 Å². The molecule has 0 aromatic carbocycles. The number of nitriles is 1. The summed E-state index contributed by atoms with van der Waals surface area (Å²) in [5.74, 6) is 0. The Morgan fingerprint density at radius 2 is 2.31 bits per heavy atom. The van der Waals surface area contributed by atoms with Crippen molar-refractivity contribution in [1.29, 1.82) is 5.26 Å². The summed E-state index contributed by atoms with van der Waals surface area (Å²) in [6.07, 6.45) is 4.14. The van der Waals surface area contributed by atoms with E-state index in [-0.39, 0.29) is 0 Å². The molecule has 1 fully saturated rings. The predicted molar refractivity (Wildman–Crippen MR) is 67.8 cm³/mol. The van der Waals surface area contributed by atoms with Gasteiger partial charge in [0, 0.05) is 17.8 Å². The van der Waals surface area contributed by atoms with Crippen molar-refractivity contribution < 1.29 is 0 Å². The second-order valence-corrected chi connectivity index (χ2v) is 6.27. The van der Waals surface area contributed by atoms with Crippen molar-refractivity contribution in [3.8, 4) is 6.07 Å². The summed E-state index contributed by atoms with van der Waals surface area (Å²) in [5.41, 5.74) is 0.307. The SMILES string of the molecule is N#CCC1(CNCCc2ccc(Cl)s2)CC1. The first kappa shape index (κ1) is 11.9. The molecule has 4 heteroatoms. The van der Waals surface area contributed by atoms with Gasteiger partial charge in [-0.1, -0.05) is 11.6 Å². The van der Waals surface area contributed by atoms with E-state index in [1.54, 1.807) is 11.3 Å². The zero-order valence-electron chi connectivity index (χ0n) is 9.13. The van der Waals surface area contributed by atoms with Crippen LogP contribution in [0.1, 0.15) is 24.1 Å². The molecular formula is C12H15ClN2S. The second-order valence-electron chi connectivity index (χ2n) is 4.47. The molecule has 1 aromatic rings. The molecule has 0 unspecified atom stereocenters. The Bertz CT molecular complexity index is 390. The van der Waals surface area contributed by atoms with Crippen molar-refractivity contribution in [2.45, 2.75) is 25.7 Å². The molecule has 2 nitrogen and oxygen atoms in total. The first-order valence-electron chi connectivity index (χ1n) is 5.56. The molecule has 1 aliphatic carbocycles. The van der Waals surface area contributed by atoms with Gasteiger partial charge in [-0.2, -0.15) is 5.26 Å². The van der Waals surface area contributed by atoms with Crippen LogP contribution < -0.4 is 5.32 Å². The van der Waals surface area contributed by atoms with Gasteiger partial charge < -0.3 is 5.32 Å². The number of hydrogen-bond donors (Lipinski definition) is 1. The Balaban J connectivity index is 1.64. The number of thiophene rings is 1. The maximum atomic E-state index is 8.69. The molecule has 2 rings (SSSR count). The highest BCUT2D eigenvalue weighted by Crippen LogP contribution is 2.47. The molecule has 0 amide bonds. The largest absolute Gasteiger partial charge is 0.316 e. The number of rotatable bonds is 6. The van der Waals surface area contributed by atoms with Crippen molar-refractivity contribution in [2.75, 3.05) is 13.1 Å². The van der Waals surface area contributed by atoms with Crippen LogP contribution in [0.25, 0.3) is 0 Å².